The molecule has 2 heterocycles. The van der Waals surface area contributed by atoms with Gasteiger partial charge in [-0.05, 0) is 42.5 Å². The molecule has 32 heavy (non-hydrogen) atoms. The molecule has 0 radical (unpaired) electrons. The van der Waals surface area contributed by atoms with E-state index < -0.39 is 0 Å². The highest BCUT2D eigenvalue weighted by Crippen LogP contribution is 2.35. The molecule has 0 atom stereocenters. The van der Waals surface area contributed by atoms with Crippen LogP contribution in [0.4, 0.5) is 10.5 Å². The largest absolute Gasteiger partial charge is 0.493 e. The third-order valence-electron chi connectivity index (χ3n) is 4.59. The summed E-state index contributed by atoms with van der Waals surface area (Å²) in [7, 11) is 3.13. The number of pyridine rings is 1. The summed E-state index contributed by atoms with van der Waals surface area (Å²) in [6.07, 6.45) is 3.10. The van der Waals surface area contributed by atoms with Gasteiger partial charge >= 0.3 is 6.03 Å². The van der Waals surface area contributed by atoms with Gasteiger partial charge in [0.25, 0.3) is 0 Å². The summed E-state index contributed by atoms with van der Waals surface area (Å²) >= 11 is 0. The number of amides is 2. The fourth-order valence-electron chi connectivity index (χ4n) is 3.01. The Labute approximate surface area is 184 Å². The topological polar surface area (TPSA) is 107 Å². The monoisotopic (exact) mass is 431 g/mol. The van der Waals surface area contributed by atoms with E-state index in [1.165, 1.54) is 6.33 Å². The fraction of sp³-hybridized carbons (Fsp3) is 0.130. The van der Waals surface area contributed by atoms with Gasteiger partial charge in [-0.15, -0.1) is 0 Å². The lowest BCUT2D eigenvalue weighted by atomic mass is 10.2. The van der Waals surface area contributed by atoms with E-state index in [1.807, 2.05) is 18.2 Å². The number of nitrogens with zero attached hydrogens (tertiary/aromatic N) is 3. The number of aromatic nitrogens is 3. The SMILES string of the molecule is COc1cc2ncnc(Oc3ccc(NC(=O)NCc4ccccn4)cc3)c2cc1OC. The average Bonchev–Trinajstić information content (AvgIpc) is 2.84. The van der Waals surface area contributed by atoms with Crippen molar-refractivity contribution in [3.8, 4) is 23.1 Å². The second-order valence-corrected chi connectivity index (χ2v) is 6.66. The third-order valence-corrected chi connectivity index (χ3v) is 4.59. The van der Waals surface area contributed by atoms with Gasteiger partial charge in [0.15, 0.2) is 11.5 Å². The van der Waals surface area contributed by atoms with Crippen molar-refractivity contribution < 1.29 is 19.0 Å². The van der Waals surface area contributed by atoms with Crippen molar-refractivity contribution in [3.63, 3.8) is 0 Å². The molecule has 0 aliphatic carbocycles. The third kappa shape index (κ3) is 4.84. The molecule has 4 aromatic rings. The molecule has 0 unspecified atom stereocenters. The van der Waals surface area contributed by atoms with E-state index in [9.17, 15) is 4.79 Å². The Morgan fingerprint density at radius 3 is 2.44 bits per heavy atom. The van der Waals surface area contributed by atoms with Crippen molar-refractivity contribution in [2.45, 2.75) is 6.54 Å². The molecule has 0 spiro atoms. The molecule has 0 bridgehead atoms. The number of ether oxygens (including phenoxy) is 3. The van der Waals surface area contributed by atoms with Crippen LogP contribution in [0, 0.1) is 0 Å². The predicted octanol–water partition coefficient (Wildman–Crippen LogP) is 4.16. The Balaban J connectivity index is 1.43. The number of hydrogen-bond donors (Lipinski definition) is 2. The van der Waals surface area contributed by atoms with Crippen molar-refractivity contribution in [1.29, 1.82) is 0 Å². The molecular formula is C23H21N5O4. The molecule has 0 saturated carbocycles. The number of urea groups is 1. The van der Waals surface area contributed by atoms with Gasteiger partial charge < -0.3 is 24.8 Å². The van der Waals surface area contributed by atoms with Gasteiger partial charge in [0, 0.05) is 18.0 Å². The van der Waals surface area contributed by atoms with Crippen LogP contribution in [0.3, 0.4) is 0 Å². The first kappa shape index (κ1) is 20.9. The van der Waals surface area contributed by atoms with Gasteiger partial charge in [0.05, 0.1) is 37.4 Å². The van der Waals surface area contributed by atoms with Gasteiger partial charge in [0.2, 0.25) is 5.88 Å². The number of hydrogen-bond acceptors (Lipinski definition) is 7. The number of benzene rings is 2. The highest BCUT2D eigenvalue weighted by molar-refractivity contribution is 5.89. The molecule has 0 aliphatic rings. The minimum atomic E-state index is -0.327. The zero-order valence-corrected chi connectivity index (χ0v) is 17.5. The molecule has 9 nitrogen and oxygen atoms in total. The fourth-order valence-corrected chi connectivity index (χ4v) is 3.01. The van der Waals surface area contributed by atoms with Gasteiger partial charge in [-0.1, -0.05) is 6.07 Å². The summed E-state index contributed by atoms with van der Waals surface area (Å²) in [4.78, 5) is 24.8. The molecule has 2 aromatic carbocycles. The molecule has 4 rings (SSSR count). The number of nitrogens with one attached hydrogen (secondary N) is 2. The zero-order chi connectivity index (χ0) is 22.3. The molecule has 162 valence electrons. The molecule has 2 aromatic heterocycles. The van der Waals surface area contributed by atoms with E-state index in [0.29, 0.717) is 46.3 Å². The van der Waals surface area contributed by atoms with Crippen LogP contribution in [0.5, 0.6) is 23.1 Å². The van der Waals surface area contributed by atoms with Crippen LogP contribution in [0.15, 0.2) is 67.1 Å². The maximum atomic E-state index is 12.1. The smallest absolute Gasteiger partial charge is 0.319 e. The van der Waals surface area contributed by atoms with E-state index in [1.54, 1.807) is 56.8 Å². The Hall–Kier alpha value is -4.40. The molecular weight excluding hydrogens is 410 g/mol. The quantitative estimate of drug-likeness (QED) is 0.452. The van der Waals surface area contributed by atoms with E-state index >= 15 is 0 Å². The summed E-state index contributed by atoms with van der Waals surface area (Å²) in [5.41, 5.74) is 2.06. The van der Waals surface area contributed by atoms with Crippen LogP contribution in [-0.4, -0.2) is 35.2 Å². The van der Waals surface area contributed by atoms with Crippen LogP contribution < -0.4 is 24.8 Å². The van der Waals surface area contributed by atoms with Crippen LogP contribution >= 0.6 is 0 Å². The summed E-state index contributed by atoms with van der Waals surface area (Å²) < 4.78 is 16.6. The van der Waals surface area contributed by atoms with E-state index in [4.69, 9.17) is 14.2 Å². The number of anilines is 1. The Morgan fingerprint density at radius 2 is 1.72 bits per heavy atom. The lowest BCUT2D eigenvalue weighted by Gasteiger charge is -2.12. The van der Waals surface area contributed by atoms with Crippen LogP contribution in [0.1, 0.15) is 5.69 Å². The van der Waals surface area contributed by atoms with Crippen molar-refractivity contribution in [2.75, 3.05) is 19.5 Å². The molecule has 2 N–H and O–H groups in total. The zero-order valence-electron chi connectivity index (χ0n) is 17.5. The summed E-state index contributed by atoms with van der Waals surface area (Å²) in [5.74, 6) is 2.06. The maximum absolute atomic E-state index is 12.1. The van der Waals surface area contributed by atoms with Crippen LogP contribution in [0.25, 0.3) is 10.9 Å². The number of rotatable bonds is 7. The number of fused-ring (bicyclic) bond motifs is 1. The lowest BCUT2D eigenvalue weighted by molar-refractivity contribution is 0.251. The van der Waals surface area contributed by atoms with E-state index in [2.05, 4.69) is 25.6 Å². The van der Waals surface area contributed by atoms with Crippen molar-refractivity contribution in [1.82, 2.24) is 20.3 Å². The highest BCUT2D eigenvalue weighted by Gasteiger charge is 2.12. The summed E-state index contributed by atoms with van der Waals surface area (Å²) in [6, 6.07) is 15.7. The molecule has 0 aliphatic heterocycles. The standard InChI is InChI=1S/C23H21N5O4/c1-30-20-11-18-19(12-21(20)31-2)26-14-27-22(18)32-17-8-6-15(7-9-17)28-23(29)25-13-16-5-3-4-10-24-16/h3-12,14H,13H2,1-2H3,(H2,25,28,29). The molecule has 0 fully saturated rings. The van der Waals surface area contributed by atoms with Crippen LogP contribution in [-0.2, 0) is 6.54 Å². The number of carbonyl (C=O) groups is 1. The van der Waals surface area contributed by atoms with Crippen LogP contribution in [0.2, 0.25) is 0 Å². The first-order valence-corrected chi connectivity index (χ1v) is 9.75. The van der Waals surface area contributed by atoms with E-state index in [0.717, 1.165) is 5.69 Å². The highest BCUT2D eigenvalue weighted by atomic mass is 16.5. The number of carbonyl (C=O) groups excluding carboxylic acids is 1. The normalized spacial score (nSPS) is 10.4. The second kappa shape index (κ2) is 9.61. The van der Waals surface area contributed by atoms with Gasteiger partial charge in [-0.3, -0.25) is 4.98 Å². The minimum absolute atomic E-state index is 0.327. The first-order chi connectivity index (χ1) is 15.7. The molecule has 0 saturated heterocycles. The molecule has 9 heteroatoms. The van der Waals surface area contributed by atoms with Crippen molar-refractivity contribution in [3.05, 3.63) is 72.8 Å². The van der Waals surface area contributed by atoms with E-state index in [-0.39, 0.29) is 6.03 Å². The first-order valence-electron chi connectivity index (χ1n) is 9.75. The van der Waals surface area contributed by atoms with Crippen molar-refractivity contribution in [2.24, 2.45) is 0 Å². The Bertz CT molecular complexity index is 1220. The van der Waals surface area contributed by atoms with Gasteiger partial charge in [-0.2, -0.15) is 0 Å². The average molecular weight is 431 g/mol. The summed E-state index contributed by atoms with van der Waals surface area (Å²) in [5, 5.41) is 6.21. The van der Waals surface area contributed by atoms with Gasteiger partial charge in [-0.25, -0.2) is 14.8 Å². The van der Waals surface area contributed by atoms with Crippen molar-refractivity contribution >= 4 is 22.6 Å². The maximum Gasteiger partial charge on any atom is 0.319 e. The minimum Gasteiger partial charge on any atom is -0.493 e. The molecule has 2 amide bonds. The summed E-state index contributed by atoms with van der Waals surface area (Å²) in [6.45, 7) is 0.336. The lowest BCUT2D eigenvalue weighted by Crippen LogP contribution is -2.28. The second-order valence-electron chi connectivity index (χ2n) is 6.66. The Kier molecular flexibility index (Phi) is 6.26. The number of methoxy groups -OCH3 is 2. The Morgan fingerprint density at radius 1 is 0.938 bits per heavy atom. The predicted molar refractivity (Wildman–Crippen MR) is 119 cm³/mol. The van der Waals surface area contributed by atoms with Gasteiger partial charge in [0.1, 0.15) is 12.1 Å².